The van der Waals surface area contributed by atoms with Gasteiger partial charge >= 0.3 is 17.9 Å². The monoisotopic (exact) mass is 963 g/mol. The van der Waals surface area contributed by atoms with Crippen LogP contribution in [0.4, 0.5) is 0 Å². The van der Waals surface area contributed by atoms with Crippen molar-refractivity contribution in [3.05, 3.63) is 0 Å². The summed E-state index contributed by atoms with van der Waals surface area (Å²) >= 11 is 7.83. The number of aliphatic imine (C=N–C) groups is 1. The van der Waals surface area contributed by atoms with Crippen LogP contribution in [-0.2, 0) is 52.7 Å². The van der Waals surface area contributed by atoms with Gasteiger partial charge in [-0.05, 0) is 57.9 Å². The number of aliphatic carboxylic acids is 3. The summed E-state index contributed by atoms with van der Waals surface area (Å²) in [6.07, 6.45) is -0.640. The van der Waals surface area contributed by atoms with Gasteiger partial charge in [-0.15, -0.1) is 0 Å². The van der Waals surface area contributed by atoms with Gasteiger partial charge in [-0.25, -0.2) is 4.79 Å². The molecule has 1 heterocycles. The standard InChI is InChI=1S/C36H61N13O14S2/c37-10-2-1-5-19(31(58)43-15-26(51)49-12-4-7-24(49)34(61)47-21(8-9-27(52)53)32(59)48-23(17-65)35(62)63)46-33(60)22(13-28(54)55)44-25(50)14-42-30(57)20(6-3-11-41-36(39)40)45-29(56)18(38)16-64/h18-24,64-65H,1-17,37-38H2,(H,42,57)(H,43,58)(H,44,50)(H,45,56)(H,46,60)(H,47,61)(H,48,59)(H,52,53)(H,54,55)(H,62,63)(H4,39,40,41)/t18-,19-,20-,21-,22-,23-,24-/m0/s1. The van der Waals surface area contributed by atoms with Gasteiger partial charge in [0, 0.05) is 31.0 Å². The Hall–Kier alpha value is -5.94. The van der Waals surface area contributed by atoms with Crippen molar-refractivity contribution >= 4 is 96.4 Å². The Labute approximate surface area is 384 Å². The Balaban J connectivity index is 3.06. The van der Waals surface area contributed by atoms with Crippen LogP contribution in [0.5, 0.6) is 0 Å². The van der Waals surface area contributed by atoms with Crippen LogP contribution in [0.3, 0.4) is 0 Å². The number of nitrogens with two attached hydrogens (primary N) is 4. The number of carboxylic acid groups (broad SMARTS) is 3. The van der Waals surface area contributed by atoms with Crippen LogP contribution < -0.4 is 60.2 Å². The number of nitrogens with one attached hydrogen (secondary N) is 7. The fraction of sp³-hybridized carbons (Fsp3) is 0.667. The summed E-state index contributed by atoms with van der Waals surface area (Å²) in [5, 5.41) is 44.2. The quantitative estimate of drug-likeness (QED) is 0.0133. The van der Waals surface area contributed by atoms with Crippen LogP contribution in [0.25, 0.3) is 0 Å². The molecule has 0 unspecified atom stereocenters. The minimum Gasteiger partial charge on any atom is -0.481 e. The number of thiol groups is 2. The SMILES string of the molecule is NCCCC[C@H](NC(=O)[C@H](CC(=O)O)NC(=O)CNC(=O)[C@H](CCCN=C(N)N)NC(=O)[C@@H](N)CS)C(=O)NCC(=O)N1CCC[C@H]1C(=O)N[C@@H](CCC(=O)O)C(=O)N[C@@H](CS)C(=O)O. The molecule has 29 heteroatoms. The average Bonchev–Trinajstić information content (AvgIpc) is 3.75. The third-order valence-electron chi connectivity index (χ3n) is 9.51. The lowest BCUT2D eigenvalue weighted by atomic mass is 10.1. The molecule has 0 aromatic heterocycles. The summed E-state index contributed by atoms with van der Waals surface area (Å²) in [6.45, 7) is -1.11. The molecule has 1 aliphatic rings. The van der Waals surface area contributed by atoms with E-state index in [0.717, 1.165) is 4.90 Å². The molecular weight excluding hydrogens is 903 g/mol. The normalized spacial score (nSPS) is 15.9. The highest BCUT2D eigenvalue weighted by Gasteiger charge is 2.37. The summed E-state index contributed by atoms with van der Waals surface area (Å²) in [5.41, 5.74) is 21.9. The zero-order valence-corrected chi connectivity index (χ0v) is 37.3. The molecule has 0 aromatic rings. The van der Waals surface area contributed by atoms with Crippen molar-refractivity contribution in [2.24, 2.45) is 27.9 Å². The lowest BCUT2D eigenvalue weighted by molar-refractivity contribution is -0.143. The molecule has 0 bridgehead atoms. The van der Waals surface area contributed by atoms with Crippen molar-refractivity contribution in [3.63, 3.8) is 0 Å². The van der Waals surface area contributed by atoms with Gasteiger partial charge in [0.05, 0.1) is 25.6 Å². The Kier molecular flexibility index (Phi) is 26.6. The van der Waals surface area contributed by atoms with Crippen LogP contribution in [0.15, 0.2) is 4.99 Å². The fourth-order valence-corrected chi connectivity index (χ4v) is 6.49. The van der Waals surface area contributed by atoms with E-state index in [9.17, 15) is 63.0 Å². The first-order chi connectivity index (χ1) is 30.6. The van der Waals surface area contributed by atoms with E-state index in [2.05, 4.69) is 67.5 Å². The van der Waals surface area contributed by atoms with Crippen LogP contribution in [0.1, 0.15) is 64.2 Å². The van der Waals surface area contributed by atoms with Gasteiger partial charge in [-0.2, -0.15) is 25.3 Å². The Morgan fingerprint density at radius 3 is 1.78 bits per heavy atom. The van der Waals surface area contributed by atoms with Gasteiger partial charge in [0.1, 0.15) is 36.3 Å². The molecule has 65 heavy (non-hydrogen) atoms. The zero-order chi connectivity index (χ0) is 49.2. The average molecular weight is 964 g/mol. The molecular formula is C36H61N13O14S2. The predicted molar refractivity (Wildman–Crippen MR) is 236 cm³/mol. The summed E-state index contributed by atoms with van der Waals surface area (Å²) in [7, 11) is 0. The molecule has 0 aromatic carbocycles. The molecule has 8 amide bonds. The van der Waals surface area contributed by atoms with E-state index in [1.54, 1.807) is 0 Å². The molecule has 1 fully saturated rings. The van der Waals surface area contributed by atoms with Gasteiger partial charge in [0.2, 0.25) is 47.3 Å². The molecule has 1 rings (SSSR count). The zero-order valence-electron chi connectivity index (χ0n) is 35.5. The number of carbonyl (C=O) groups is 11. The molecule has 366 valence electrons. The summed E-state index contributed by atoms with van der Waals surface area (Å²) in [5.74, 6) is -12.0. The first kappa shape index (κ1) is 57.1. The first-order valence-corrected chi connectivity index (χ1v) is 21.7. The van der Waals surface area contributed by atoms with Crippen LogP contribution in [0, 0.1) is 0 Å². The van der Waals surface area contributed by atoms with E-state index in [1.807, 2.05) is 0 Å². The molecule has 18 N–H and O–H groups in total. The molecule has 7 atom stereocenters. The first-order valence-electron chi connectivity index (χ1n) is 20.4. The van der Waals surface area contributed by atoms with E-state index < -0.39 is 140 Å². The second-order valence-electron chi connectivity index (χ2n) is 14.6. The van der Waals surface area contributed by atoms with Crippen molar-refractivity contribution in [2.75, 3.05) is 44.2 Å². The number of guanidine groups is 1. The number of amides is 8. The number of nitrogens with zero attached hydrogens (tertiary/aromatic N) is 2. The lowest BCUT2D eigenvalue weighted by Crippen LogP contribution is -2.57. The van der Waals surface area contributed by atoms with Crippen molar-refractivity contribution in [1.29, 1.82) is 0 Å². The van der Waals surface area contributed by atoms with Crippen molar-refractivity contribution in [1.82, 2.24) is 42.1 Å². The smallest absolute Gasteiger partial charge is 0.327 e. The highest BCUT2D eigenvalue weighted by atomic mass is 32.1. The molecule has 27 nitrogen and oxygen atoms in total. The van der Waals surface area contributed by atoms with Gasteiger partial charge in [0.15, 0.2) is 5.96 Å². The van der Waals surface area contributed by atoms with Crippen LogP contribution in [-0.4, -0.2) is 178 Å². The third-order valence-corrected chi connectivity index (χ3v) is 10.3. The molecule has 1 saturated heterocycles. The number of carboxylic acids is 3. The van der Waals surface area contributed by atoms with Gasteiger partial charge in [0.25, 0.3) is 0 Å². The number of rotatable bonds is 31. The Morgan fingerprint density at radius 1 is 0.662 bits per heavy atom. The highest BCUT2D eigenvalue weighted by Crippen LogP contribution is 2.18. The topological polar surface area (TPSA) is 452 Å². The van der Waals surface area contributed by atoms with E-state index in [1.165, 1.54) is 0 Å². The van der Waals surface area contributed by atoms with Gasteiger partial charge in [-0.3, -0.25) is 52.9 Å². The van der Waals surface area contributed by atoms with E-state index in [4.69, 9.17) is 28.0 Å². The maximum absolute atomic E-state index is 13.4. The van der Waals surface area contributed by atoms with Crippen molar-refractivity contribution in [2.45, 2.75) is 107 Å². The summed E-state index contributed by atoms with van der Waals surface area (Å²) in [6, 6.07) is -9.53. The Morgan fingerprint density at radius 2 is 1.23 bits per heavy atom. The minimum atomic E-state index is -1.77. The maximum Gasteiger partial charge on any atom is 0.327 e. The van der Waals surface area contributed by atoms with E-state index in [-0.39, 0.29) is 69.2 Å². The second kappa shape index (κ2) is 30.2. The largest absolute Gasteiger partial charge is 0.481 e. The van der Waals surface area contributed by atoms with Gasteiger partial charge in [-0.1, -0.05) is 0 Å². The lowest BCUT2D eigenvalue weighted by Gasteiger charge is -2.27. The molecule has 0 radical (unpaired) electrons. The predicted octanol–water partition coefficient (Wildman–Crippen LogP) is -6.57. The van der Waals surface area contributed by atoms with Crippen LogP contribution >= 0.6 is 25.3 Å². The highest BCUT2D eigenvalue weighted by molar-refractivity contribution is 7.80. The van der Waals surface area contributed by atoms with E-state index in [0.29, 0.717) is 12.8 Å². The second-order valence-corrected chi connectivity index (χ2v) is 15.3. The third kappa shape index (κ3) is 22.0. The number of likely N-dealkylation sites (tertiary alicyclic amines) is 1. The number of hydrogen-bond donors (Lipinski definition) is 16. The molecule has 1 aliphatic heterocycles. The van der Waals surface area contributed by atoms with Crippen molar-refractivity contribution in [3.8, 4) is 0 Å². The molecule has 0 spiro atoms. The number of carbonyl (C=O) groups excluding carboxylic acids is 8. The molecule has 0 saturated carbocycles. The number of hydrogen-bond acceptors (Lipinski definition) is 16. The number of unbranched alkanes of at least 4 members (excludes halogenated alkanes) is 1. The van der Waals surface area contributed by atoms with Crippen LogP contribution in [0.2, 0.25) is 0 Å². The van der Waals surface area contributed by atoms with Gasteiger partial charge < -0.3 is 80.4 Å². The summed E-state index contributed by atoms with van der Waals surface area (Å²) in [4.78, 5) is 144. The van der Waals surface area contributed by atoms with Crippen molar-refractivity contribution < 1.29 is 68.1 Å². The summed E-state index contributed by atoms with van der Waals surface area (Å²) < 4.78 is 0. The Bertz CT molecular complexity index is 1740. The maximum atomic E-state index is 13.4. The minimum absolute atomic E-state index is 0.0122. The molecule has 0 aliphatic carbocycles. The fourth-order valence-electron chi connectivity index (χ4n) is 6.08. The van der Waals surface area contributed by atoms with E-state index >= 15 is 0 Å².